The third-order valence-corrected chi connectivity index (χ3v) is 3.68. The molecule has 3 heteroatoms. The van der Waals surface area contributed by atoms with E-state index in [1.165, 1.54) is 0 Å². The molecule has 2 rings (SSSR count). The van der Waals surface area contributed by atoms with Crippen molar-refractivity contribution in [2.24, 2.45) is 17.8 Å². The SMILES string of the molecule is CC(=O)[C@@H]1[C@@H](C)[C@H]1CC(=O)OCc1ccccc1. The largest absolute Gasteiger partial charge is 0.461 e. The molecule has 1 aromatic carbocycles. The van der Waals surface area contributed by atoms with E-state index in [0.717, 1.165) is 5.56 Å². The van der Waals surface area contributed by atoms with Crippen molar-refractivity contribution in [2.75, 3.05) is 0 Å². The Morgan fingerprint density at radius 2 is 1.89 bits per heavy atom. The Bertz CT molecular complexity index is 438. The van der Waals surface area contributed by atoms with Crippen LogP contribution in [0.5, 0.6) is 0 Å². The number of rotatable bonds is 5. The van der Waals surface area contributed by atoms with E-state index >= 15 is 0 Å². The zero-order chi connectivity index (χ0) is 13.1. The fourth-order valence-electron chi connectivity index (χ4n) is 2.52. The van der Waals surface area contributed by atoms with Crippen molar-refractivity contribution in [3.05, 3.63) is 35.9 Å². The topological polar surface area (TPSA) is 43.4 Å². The number of ketones is 1. The number of hydrogen-bond acceptors (Lipinski definition) is 3. The van der Waals surface area contributed by atoms with Crippen molar-refractivity contribution < 1.29 is 14.3 Å². The van der Waals surface area contributed by atoms with Crippen molar-refractivity contribution >= 4 is 11.8 Å². The average molecular weight is 246 g/mol. The molecule has 0 bridgehead atoms. The Morgan fingerprint density at radius 3 is 2.44 bits per heavy atom. The predicted molar refractivity (Wildman–Crippen MR) is 67.7 cm³/mol. The maximum Gasteiger partial charge on any atom is 0.306 e. The highest BCUT2D eigenvalue weighted by molar-refractivity contribution is 5.83. The van der Waals surface area contributed by atoms with Crippen LogP contribution in [0.15, 0.2) is 30.3 Å². The summed E-state index contributed by atoms with van der Waals surface area (Å²) in [6.07, 6.45) is 0.359. The van der Waals surface area contributed by atoms with Crippen LogP contribution in [0.3, 0.4) is 0 Å². The molecule has 1 aliphatic carbocycles. The minimum absolute atomic E-state index is 0.0641. The van der Waals surface area contributed by atoms with Gasteiger partial charge in [0.25, 0.3) is 0 Å². The zero-order valence-electron chi connectivity index (χ0n) is 10.8. The fraction of sp³-hybridized carbons (Fsp3) is 0.467. The second-order valence-corrected chi connectivity index (χ2v) is 5.01. The molecule has 1 aromatic rings. The summed E-state index contributed by atoms with van der Waals surface area (Å²) < 4.78 is 5.21. The van der Waals surface area contributed by atoms with Gasteiger partial charge in [-0.15, -0.1) is 0 Å². The Labute approximate surface area is 107 Å². The molecule has 96 valence electrons. The van der Waals surface area contributed by atoms with E-state index in [4.69, 9.17) is 4.74 Å². The Balaban J connectivity index is 1.75. The molecule has 0 saturated heterocycles. The average Bonchev–Trinajstić information content (AvgIpc) is 2.98. The van der Waals surface area contributed by atoms with Crippen LogP contribution in [-0.2, 0) is 20.9 Å². The van der Waals surface area contributed by atoms with Crippen LogP contribution in [0.25, 0.3) is 0 Å². The van der Waals surface area contributed by atoms with Gasteiger partial charge in [-0.2, -0.15) is 0 Å². The second-order valence-electron chi connectivity index (χ2n) is 5.01. The van der Waals surface area contributed by atoms with Gasteiger partial charge in [0.05, 0.1) is 0 Å². The van der Waals surface area contributed by atoms with Crippen LogP contribution in [0.4, 0.5) is 0 Å². The van der Waals surface area contributed by atoms with Crippen LogP contribution in [-0.4, -0.2) is 11.8 Å². The van der Waals surface area contributed by atoms with Gasteiger partial charge in [-0.25, -0.2) is 0 Å². The normalized spacial score (nSPS) is 25.6. The van der Waals surface area contributed by atoms with Crippen LogP contribution in [0.1, 0.15) is 25.8 Å². The smallest absolute Gasteiger partial charge is 0.306 e. The van der Waals surface area contributed by atoms with Gasteiger partial charge in [0, 0.05) is 12.3 Å². The first-order valence-corrected chi connectivity index (χ1v) is 6.29. The molecule has 1 fully saturated rings. The molecule has 1 saturated carbocycles. The molecule has 18 heavy (non-hydrogen) atoms. The lowest BCUT2D eigenvalue weighted by Gasteiger charge is -2.04. The number of Topliss-reactive ketones (excluding diaryl/α,β-unsaturated/α-hetero) is 1. The number of esters is 1. The molecule has 1 aliphatic rings. The maximum atomic E-state index is 11.6. The Hall–Kier alpha value is -1.64. The summed E-state index contributed by atoms with van der Waals surface area (Å²) in [5, 5.41) is 0. The first kappa shape index (κ1) is 12.8. The standard InChI is InChI=1S/C15H18O3/c1-10-13(15(10)11(2)16)8-14(17)18-9-12-6-4-3-5-7-12/h3-7,10,13,15H,8-9H2,1-2H3/t10-,13+,15-/m0/s1. The van der Waals surface area contributed by atoms with Crippen molar-refractivity contribution in [2.45, 2.75) is 26.9 Å². The molecule has 0 amide bonds. The van der Waals surface area contributed by atoms with Gasteiger partial charge in [-0.3, -0.25) is 9.59 Å². The lowest BCUT2D eigenvalue weighted by atomic mass is 10.2. The lowest BCUT2D eigenvalue weighted by molar-refractivity contribution is -0.145. The van der Waals surface area contributed by atoms with E-state index < -0.39 is 0 Å². The molecule has 0 N–H and O–H groups in total. The molecule has 0 spiro atoms. The highest BCUT2D eigenvalue weighted by atomic mass is 16.5. The molecule has 3 nitrogen and oxygen atoms in total. The molecule has 0 radical (unpaired) electrons. The van der Waals surface area contributed by atoms with Crippen molar-refractivity contribution in [1.29, 1.82) is 0 Å². The van der Waals surface area contributed by atoms with Gasteiger partial charge in [-0.1, -0.05) is 37.3 Å². The lowest BCUT2D eigenvalue weighted by Crippen LogP contribution is -2.07. The summed E-state index contributed by atoms with van der Waals surface area (Å²) in [6.45, 7) is 3.92. The fourth-order valence-corrected chi connectivity index (χ4v) is 2.52. The summed E-state index contributed by atoms with van der Waals surface area (Å²) in [4.78, 5) is 22.9. The molecule has 0 heterocycles. The van der Waals surface area contributed by atoms with Gasteiger partial charge >= 0.3 is 5.97 Å². The summed E-state index contributed by atoms with van der Waals surface area (Å²) in [6, 6.07) is 9.60. The van der Waals surface area contributed by atoms with E-state index in [0.29, 0.717) is 18.9 Å². The first-order valence-electron chi connectivity index (χ1n) is 6.29. The summed E-state index contributed by atoms with van der Waals surface area (Å²) in [7, 11) is 0. The predicted octanol–water partition coefficient (Wildman–Crippen LogP) is 2.59. The third kappa shape index (κ3) is 2.97. The second kappa shape index (κ2) is 5.34. The first-order chi connectivity index (χ1) is 8.59. The van der Waals surface area contributed by atoms with Gasteiger partial charge in [-0.05, 0) is 24.3 Å². The van der Waals surface area contributed by atoms with E-state index in [1.54, 1.807) is 6.92 Å². The van der Waals surface area contributed by atoms with Crippen LogP contribution >= 0.6 is 0 Å². The maximum absolute atomic E-state index is 11.6. The van der Waals surface area contributed by atoms with Crippen LogP contribution in [0, 0.1) is 17.8 Å². The number of carbonyl (C=O) groups is 2. The molecular formula is C15H18O3. The number of benzene rings is 1. The zero-order valence-corrected chi connectivity index (χ0v) is 10.8. The monoisotopic (exact) mass is 246 g/mol. The molecular weight excluding hydrogens is 228 g/mol. The Kier molecular flexibility index (Phi) is 3.80. The molecule has 0 unspecified atom stereocenters. The van der Waals surface area contributed by atoms with E-state index in [1.807, 2.05) is 37.3 Å². The van der Waals surface area contributed by atoms with Gasteiger partial charge in [0.1, 0.15) is 12.4 Å². The number of ether oxygens (including phenoxy) is 1. The van der Waals surface area contributed by atoms with E-state index in [-0.39, 0.29) is 23.6 Å². The summed E-state index contributed by atoms with van der Waals surface area (Å²) in [5.41, 5.74) is 0.984. The Morgan fingerprint density at radius 1 is 1.22 bits per heavy atom. The quantitative estimate of drug-likeness (QED) is 0.750. The summed E-state index contributed by atoms with van der Waals surface area (Å²) in [5.74, 6) is 0.551. The van der Waals surface area contributed by atoms with Crippen LogP contribution < -0.4 is 0 Å². The minimum atomic E-state index is -0.209. The van der Waals surface area contributed by atoms with E-state index in [9.17, 15) is 9.59 Å². The highest BCUT2D eigenvalue weighted by Crippen LogP contribution is 2.48. The number of carbonyl (C=O) groups excluding carboxylic acids is 2. The van der Waals surface area contributed by atoms with Crippen molar-refractivity contribution in [3.63, 3.8) is 0 Å². The van der Waals surface area contributed by atoms with E-state index in [2.05, 4.69) is 0 Å². The van der Waals surface area contributed by atoms with Gasteiger partial charge in [0.2, 0.25) is 0 Å². The molecule has 0 aliphatic heterocycles. The number of hydrogen-bond donors (Lipinski definition) is 0. The highest BCUT2D eigenvalue weighted by Gasteiger charge is 2.50. The van der Waals surface area contributed by atoms with Crippen LogP contribution in [0.2, 0.25) is 0 Å². The molecule has 3 atom stereocenters. The van der Waals surface area contributed by atoms with Gasteiger partial charge in [0.15, 0.2) is 0 Å². The van der Waals surface area contributed by atoms with Crippen molar-refractivity contribution in [1.82, 2.24) is 0 Å². The summed E-state index contributed by atoms with van der Waals surface area (Å²) >= 11 is 0. The molecule has 0 aromatic heterocycles. The minimum Gasteiger partial charge on any atom is -0.461 e. The third-order valence-electron chi connectivity index (χ3n) is 3.68. The van der Waals surface area contributed by atoms with Gasteiger partial charge < -0.3 is 4.74 Å². The van der Waals surface area contributed by atoms with Crippen molar-refractivity contribution in [3.8, 4) is 0 Å².